The van der Waals surface area contributed by atoms with Gasteiger partial charge in [-0.2, -0.15) is 0 Å². The van der Waals surface area contributed by atoms with E-state index in [-0.39, 0.29) is 18.9 Å². The molecule has 9 N–H and O–H groups in total. The van der Waals surface area contributed by atoms with Crippen molar-refractivity contribution in [3.63, 3.8) is 0 Å². The van der Waals surface area contributed by atoms with Crippen molar-refractivity contribution in [2.45, 2.75) is 286 Å². The van der Waals surface area contributed by atoms with Crippen LogP contribution >= 0.6 is 0 Å². The topological polar surface area (TPSA) is 228 Å². The maximum Gasteiger partial charge on any atom is 0.220 e. The fraction of sp³-hybridized carbons (Fsp3) is 0.814. The quantitative estimate of drug-likeness (QED) is 0.0205. The van der Waals surface area contributed by atoms with E-state index in [1.54, 1.807) is 6.08 Å². The molecule has 14 nitrogen and oxygen atoms in total. The average molecular weight is 1040 g/mol. The van der Waals surface area contributed by atoms with Gasteiger partial charge < -0.3 is 65.1 Å². The van der Waals surface area contributed by atoms with Crippen molar-refractivity contribution in [3.8, 4) is 0 Å². The van der Waals surface area contributed by atoms with Gasteiger partial charge in [0, 0.05) is 6.42 Å². The normalized spacial score (nSPS) is 25.8. The van der Waals surface area contributed by atoms with Crippen molar-refractivity contribution in [2.75, 3.05) is 19.8 Å². The van der Waals surface area contributed by atoms with Crippen LogP contribution in [0.25, 0.3) is 0 Å². The number of nitrogens with one attached hydrogen (secondary N) is 1. The molecule has 2 heterocycles. The second kappa shape index (κ2) is 44.8. The molecule has 73 heavy (non-hydrogen) atoms. The molecule has 2 aliphatic rings. The Kier molecular flexibility index (Phi) is 41.0. The summed E-state index contributed by atoms with van der Waals surface area (Å²) in [5, 5.41) is 87.0. The minimum absolute atomic E-state index is 0.259. The van der Waals surface area contributed by atoms with Gasteiger partial charge in [0.05, 0.1) is 32.0 Å². The zero-order valence-corrected chi connectivity index (χ0v) is 45.4. The summed E-state index contributed by atoms with van der Waals surface area (Å²) < 4.78 is 22.7. The van der Waals surface area contributed by atoms with Gasteiger partial charge in [-0.15, -0.1) is 0 Å². The lowest BCUT2D eigenvalue weighted by Gasteiger charge is -2.46. The summed E-state index contributed by atoms with van der Waals surface area (Å²) in [4.78, 5) is 13.2. The lowest BCUT2D eigenvalue weighted by atomic mass is 9.97. The van der Waals surface area contributed by atoms with Crippen LogP contribution in [-0.2, 0) is 23.7 Å². The molecule has 2 fully saturated rings. The van der Waals surface area contributed by atoms with Crippen LogP contribution in [0.3, 0.4) is 0 Å². The highest BCUT2D eigenvalue weighted by molar-refractivity contribution is 5.76. The number of hydrogen-bond acceptors (Lipinski definition) is 13. The lowest BCUT2D eigenvalue weighted by Crippen LogP contribution is -2.65. The first-order valence-electron chi connectivity index (χ1n) is 29.0. The molecule has 0 bridgehead atoms. The number of hydrogen-bond donors (Lipinski definition) is 9. The van der Waals surface area contributed by atoms with E-state index >= 15 is 0 Å². The van der Waals surface area contributed by atoms with Gasteiger partial charge in [-0.3, -0.25) is 4.79 Å². The van der Waals surface area contributed by atoms with E-state index in [1.807, 2.05) is 6.08 Å². The Bertz CT molecular complexity index is 1450. The summed E-state index contributed by atoms with van der Waals surface area (Å²) in [6.07, 6.45) is 39.7. The number of aliphatic hydroxyl groups is 8. The molecule has 424 valence electrons. The second-order valence-corrected chi connectivity index (χ2v) is 20.4. The van der Waals surface area contributed by atoms with Crippen LogP contribution < -0.4 is 5.32 Å². The number of unbranched alkanes of at least 4 members (excludes halogenated alkanes) is 24. The highest BCUT2D eigenvalue weighted by Crippen LogP contribution is 2.30. The third-order valence-corrected chi connectivity index (χ3v) is 13.9. The van der Waals surface area contributed by atoms with E-state index in [4.69, 9.17) is 18.9 Å². The highest BCUT2D eigenvalue weighted by Gasteiger charge is 2.51. The summed E-state index contributed by atoms with van der Waals surface area (Å²) in [6, 6.07) is -0.942. The first-order valence-corrected chi connectivity index (χ1v) is 29.0. The fourth-order valence-electron chi connectivity index (χ4n) is 9.18. The Balaban J connectivity index is 1.82. The maximum absolute atomic E-state index is 13.2. The van der Waals surface area contributed by atoms with Crippen LogP contribution in [0, 0.1) is 0 Å². The predicted octanol–water partition coefficient (Wildman–Crippen LogP) is 9.39. The molecule has 12 unspecified atom stereocenters. The van der Waals surface area contributed by atoms with E-state index in [9.17, 15) is 45.6 Å². The molecule has 14 heteroatoms. The van der Waals surface area contributed by atoms with E-state index in [0.717, 1.165) is 57.8 Å². The number of rotatable bonds is 45. The van der Waals surface area contributed by atoms with E-state index in [1.165, 1.54) is 122 Å². The van der Waals surface area contributed by atoms with Crippen molar-refractivity contribution in [3.05, 3.63) is 60.8 Å². The van der Waals surface area contributed by atoms with E-state index < -0.39 is 86.8 Å². The zero-order chi connectivity index (χ0) is 53.2. The van der Waals surface area contributed by atoms with Crippen LogP contribution in [0.2, 0.25) is 0 Å². The molecule has 0 aromatic carbocycles. The molecule has 2 rings (SSSR count). The molecule has 2 aliphatic heterocycles. The first-order chi connectivity index (χ1) is 35.6. The van der Waals surface area contributed by atoms with Gasteiger partial charge in [-0.05, 0) is 77.0 Å². The van der Waals surface area contributed by atoms with Gasteiger partial charge in [0.2, 0.25) is 5.91 Å². The molecule has 0 saturated carbocycles. The van der Waals surface area contributed by atoms with Crippen molar-refractivity contribution in [1.82, 2.24) is 5.32 Å². The van der Waals surface area contributed by atoms with E-state index in [0.29, 0.717) is 12.8 Å². The Morgan fingerprint density at radius 1 is 0.493 bits per heavy atom. The van der Waals surface area contributed by atoms with Gasteiger partial charge in [-0.25, -0.2) is 0 Å². The Labute approximate surface area is 441 Å². The monoisotopic (exact) mass is 1040 g/mol. The smallest absolute Gasteiger partial charge is 0.220 e. The minimum Gasteiger partial charge on any atom is -0.394 e. The van der Waals surface area contributed by atoms with Gasteiger partial charge in [0.1, 0.15) is 48.8 Å². The summed E-state index contributed by atoms with van der Waals surface area (Å²) >= 11 is 0. The maximum atomic E-state index is 13.2. The molecule has 0 spiro atoms. The standard InChI is InChI=1S/C59H105NO13/c1-3-5-7-9-11-13-15-17-19-21-23-25-26-28-30-32-34-36-38-40-42-48(63)47(60-51(64)43-41-39-37-35-33-31-29-27-24-22-20-18-16-14-12-10-8-6-4-2)46-70-58-56(69)54(67)57(50(45-62)72-58)73-59-55(68)53(66)52(65)49(44-61)71-59/h12,14,18,20,25-26,32,34,40,42,47-50,52-59,61-63,65-69H,3-11,13,15-17,19,21-24,27-31,33,35-39,41,43-46H2,1-2H3,(H,60,64)/b14-12-,20-18-,26-25+,34-32+,42-40+. The van der Waals surface area contributed by atoms with Crippen LogP contribution in [0.5, 0.6) is 0 Å². The minimum atomic E-state index is -1.79. The van der Waals surface area contributed by atoms with Gasteiger partial charge in [-0.1, -0.05) is 190 Å². The molecule has 0 radical (unpaired) electrons. The number of ether oxygens (including phenoxy) is 4. The average Bonchev–Trinajstić information content (AvgIpc) is 3.39. The summed E-state index contributed by atoms with van der Waals surface area (Å²) in [7, 11) is 0. The van der Waals surface area contributed by atoms with Crippen molar-refractivity contribution in [2.24, 2.45) is 0 Å². The Morgan fingerprint density at radius 3 is 1.45 bits per heavy atom. The Morgan fingerprint density at radius 2 is 0.918 bits per heavy atom. The lowest BCUT2D eigenvalue weighted by molar-refractivity contribution is -0.359. The Hall–Kier alpha value is -2.31. The second-order valence-electron chi connectivity index (χ2n) is 20.4. The number of allylic oxidation sites excluding steroid dienone is 9. The molecule has 2 saturated heterocycles. The van der Waals surface area contributed by atoms with Crippen LogP contribution in [-0.4, -0.2) is 140 Å². The molecular weight excluding hydrogens is 931 g/mol. The van der Waals surface area contributed by atoms with Crippen molar-refractivity contribution >= 4 is 5.91 Å². The van der Waals surface area contributed by atoms with Gasteiger partial charge in [0.25, 0.3) is 0 Å². The van der Waals surface area contributed by atoms with Gasteiger partial charge in [0.15, 0.2) is 12.6 Å². The fourth-order valence-corrected chi connectivity index (χ4v) is 9.18. The molecule has 0 aromatic heterocycles. The van der Waals surface area contributed by atoms with Crippen LogP contribution in [0.15, 0.2) is 60.8 Å². The van der Waals surface area contributed by atoms with Crippen LogP contribution in [0.1, 0.15) is 213 Å². The van der Waals surface area contributed by atoms with Crippen molar-refractivity contribution < 1.29 is 64.6 Å². The third-order valence-electron chi connectivity index (χ3n) is 13.9. The molecule has 1 amide bonds. The molecule has 12 atom stereocenters. The number of amides is 1. The first kappa shape index (κ1) is 66.8. The number of carbonyl (C=O) groups is 1. The summed E-state index contributed by atoms with van der Waals surface area (Å²) in [5.74, 6) is -0.259. The molecular formula is C59H105NO13. The number of aliphatic hydroxyl groups excluding tert-OH is 8. The number of carbonyl (C=O) groups excluding carboxylic acids is 1. The zero-order valence-electron chi connectivity index (χ0n) is 45.4. The summed E-state index contributed by atoms with van der Waals surface area (Å²) in [5.41, 5.74) is 0. The largest absolute Gasteiger partial charge is 0.394 e. The highest BCUT2D eigenvalue weighted by atomic mass is 16.7. The van der Waals surface area contributed by atoms with E-state index in [2.05, 4.69) is 67.8 Å². The van der Waals surface area contributed by atoms with Gasteiger partial charge >= 0.3 is 0 Å². The molecule has 0 aromatic rings. The molecule has 0 aliphatic carbocycles. The summed E-state index contributed by atoms with van der Waals surface area (Å²) in [6.45, 7) is 2.74. The predicted molar refractivity (Wildman–Crippen MR) is 290 cm³/mol. The SMILES string of the molecule is CCCCC/C=C\C/C=C\CCCCCCCCCCCC(=O)NC(COC1OC(CO)C(OC2OC(CO)C(O)C(O)C2O)C(O)C1O)C(O)/C=C/CC/C=C/CC/C=C/CCCCCCCCCCCC. The third kappa shape index (κ3) is 30.9. The van der Waals surface area contributed by atoms with Crippen molar-refractivity contribution in [1.29, 1.82) is 0 Å². The van der Waals surface area contributed by atoms with Crippen LogP contribution in [0.4, 0.5) is 0 Å².